The number of ether oxygens (including phenoxy) is 5. The Morgan fingerprint density at radius 3 is 1.23 bits per heavy atom. The fourth-order valence-corrected chi connectivity index (χ4v) is 4.48. The Hall–Kier alpha value is -7.38. The summed E-state index contributed by atoms with van der Waals surface area (Å²) in [5, 5.41) is 0. The van der Waals surface area contributed by atoms with Gasteiger partial charge in [0, 0.05) is 0 Å². The second-order valence-electron chi connectivity index (χ2n) is 9.46. The quantitative estimate of drug-likeness (QED) is 0.158. The van der Waals surface area contributed by atoms with Crippen LogP contribution in [-0.4, -0.2) is 82.0 Å². The number of carbonyl (C=O) groups is 6. The van der Waals surface area contributed by atoms with Gasteiger partial charge in [0.1, 0.15) is 0 Å². The van der Waals surface area contributed by atoms with Crippen LogP contribution in [0.4, 0.5) is 0 Å². The molecule has 0 radical (unpaired) electrons. The number of carbonyl (C=O) groups excluding carboxylic acids is 10. The molecule has 268 valence electrons. The van der Waals surface area contributed by atoms with E-state index in [1.165, 1.54) is 52.7 Å². The van der Waals surface area contributed by atoms with E-state index in [1.807, 2.05) is 30.3 Å². The fourth-order valence-electron chi connectivity index (χ4n) is 4.48. The highest BCUT2D eigenvalue weighted by atomic mass is 16.6. The molecule has 0 spiro atoms. The fraction of sp³-hybridized carbons (Fsp3) is 0.111. The van der Waals surface area contributed by atoms with E-state index in [-0.39, 0.29) is 51.2 Å². The van der Waals surface area contributed by atoms with Crippen molar-refractivity contribution < 1.29 is 77.1 Å². The molecule has 4 aromatic rings. The zero-order valence-corrected chi connectivity index (χ0v) is 27.7. The second kappa shape index (κ2) is 20.9. The van der Waals surface area contributed by atoms with Crippen molar-refractivity contribution in [2.45, 2.75) is 0 Å². The summed E-state index contributed by atoms with van der Waals surface area (Å²) in [6, 6.07) is 23.6. The maximum absolute atomic E-state index is 12.0. The summed E-state index contributed by atoms with van der Waals surface area (Å²) in [5.74, 6) is -3.91. The zero-order valence-electron chi connectivity index (χ0n) is 27.7. The first-order valence-corrected chi connectivity index (χ1v) is 14.0. The molecule has 52 heavy (non-hydrogen) atoms. The third-order valence-corrected chi connectivity index (χ3v) is 6.75. The number of hydrogen-bond donors (Lipinski definition) is 0. The van der Waals surface area contributed by atoms with E-state index in [0.717, 1.165) is 11.1 Å². The first-order chi connectivity index (χ1) is 24.5. The summed E-state index contributed by atoms with van der Waals surface area (Å²) < 4.78 is 23.3. The summed E-state index contributed by atoms with van der Waals surface area (Å²) in [6.45, 7) is 0. The molecule has 0 aliphatic carbocycles. The average Bonchev–Trinajstić information content (AvgIpc) is 3.45. The lowest BCUT2D eigenvalue weighted by Gasteiger charge is -2.09. The Kier molecular flexibility index (Phi) is 17.1. The SMILES string of the molecule is COC(=O)c1ccc(-c2ccc3c(c2)C(=O)OC3=O)cc1C(=O)OC.COC(=O)c1ccc(-c2ccccc2)cc1C(=O)OC.O.O=C=O.O=C=O. The Morgan fingerprint density at radius 2 is 0.808 bits per heavy atom. The Balaban J connectivity index is 0.000000452. The number of cyclic esters (lactones) is 2. The van der Waals surface area contributed by atoms with Crippen molar-refractivity contribution in [2.24, 2.45) is 0 Å². The van der Waals surface area contributed by atoms with Gasteiger partial charge in [0.15, 0.2) is 0 Å². The molecule has 0 aromatic heterocycles. The van der Waals surface area contributed by atoms with Crippen LogP contribution in [0.2, 0.25) is 0 Å². The van der Waals surface area contributed by atoms with Crippen LogP contribution in [0.15, 0.2) is 84.9 Å². The normalized spacial score (nSPS) is 10.1. The predicted molar refractivity (Wildman–Crippen MR) is 172 cm³/mol. The van der Waals surface area contributed by atoms with Gasteiger partial charge in [-0.3, -0.25) is 0 Å². The highest BCUT2D eigenvalue weighted by molar-refractivity contribution is 6.15. The topological polar surface area (TPSA) is 248 Å². The van der Waals surface area contributed by atoms with E-state index >= 15 is 0 Å². The molecule has 1 aliphatic rings. The minimum absolute atomic E-state index is 0. The number of methoxy groups -OCH3 is 4. The van der Waals surface area contributed by atoms with Crippen LogP contribution < -0.4 is 0 Å². The molecule has 0 bridgehead atoms. The van der Waals surface area contributed by atoms with Gasteiger partial charge in [-0.25, -0.2) is 28.8 Å². The Labute approximate surface area is 294 Å². The smallest absolute Gasteiger partial charge is 0.373 e. The minimum atomic E-state index is -0.721. The number of rotatable bonds is 6. The molecular weight excluding hydrogens is 688 g/mol. The lowest BCUT2D eigenvalue weighted by molar-refractivity contribution is -0.193. The third kappa shape index (κ3) is 10.6. The van der Waals surface area contributed by atoms with Crippen molar-refractivity contribution in [2.75, 3.05) is 28.4 Å². The first-order valence-electron chi connectivity index (χ1n) is 14.0. The molecule has 0 amide bonds. The Morgan fingerprint density at radius 1 is 0.462 bits per heavy atom. The molecule has 16 heteroatoms. The van der Waals surface area contributed by atoms with Crippen molar-refractivity contribution in [1.29, 1.82) is 0 Å². The molecule has 16 nitrogen and oxygen atoms in total. The second-order valence-corrected chi connectivity index (χ2v) is 9.46. The van der Waals surface area contributed by atoms with Gasteiger partial charge in [0.2, 0.25) is 0 Å². The first kappa shape index (κ1) is 42.6. The van der Waals surface area contributed by atoms with E-state index in [1.54, 1.807) is 30.3 Å². The van der Waals surface area contributed by atoms with E-state index in [2.05, 4.69) is 14.2 Å². The summed E-state index contributed by atoms with van der Waals surface area (Å²) in [5.41, 5.74) is 3.74. The van der Waals surface area contributed by atoms with Crippen LogP contribution in [0.25, 0.3) is 22.3 Å². The van der Waals surface area contributed by atoms with Crippen molar-refractivity contribution >= 4 is 48.1 Å². The lowest BCUT2D eigenvalue weighted by atomic mass is 9.96. The summed E-state index contributed by atoms with van der Waals surface area (Å²) in [7, 11) is 4.96. The van der Waals surface area contributed by atoms with Crippen molar-refractivity contribution in [3.63, 3.8) is 0 Å². The van der Waals surface area contributed by atoms with Crippen molar-refractivity contribution in [3.05, 3.63) is 118 Å². The molecule has 2 N–H and O–H groups in total. The minimum Gasteiger partial charge on any atom is -0.465 e. The van der Waals surface area contributed by atoms with E-state index in [9.17, 15) is 28.8 Å². The average molecular weight is 717 g/mol. The lowest BCUT2D eigenvalue weighted by Crippen LogP contribution is -2.11. The molecule has 4 aromatic carbocycles. The van der Waals surface area contributed by atoms with Gasteiger partial charge in [-0.05, 0) is 58.7 Å². The molecular formula is C36H28O16. The van der Waals surface area contributed by atoms with Crippen molar-refractivity contribution in [1.82, 2.24) is 0 Å². The van der Waals surface area contributed by atoms with Gasteiger partial charge in [-0.15, -0.1) is 0 Å². The van der Waals surface area contributed by atoms with Crippen molar-refractivity contribution in [3.8, 4) is 22.3 Å². The third-order valence-electron chi connectivity index (χ3n) is 6.75. The standard InChI is InChI=1S/C18H12O7.C16H14O4.2CO2.H2O/c1-23-15(19)11-5-3-9(7-13(11)16(20)24-2)10-4-6-12-14(8-10)18(22)25-17(12)21;1-19-15(17)13-9-8-12(10-14(13)16(18)20-2)11-6-4-3-5-7-11;2*2-1-3;/h3-8H,1-2H3;3-10H,1-2H3;;;1H2. The molecule has 1 aliphatic heterocycles. The van der Waals surface area contributed by atoms with Crippen LogP contribution in [0.1, 0.15) is 62.1 Å². The van der Waals surface area contributed by atoms with E-state index in [0.29, 0.717) is 11.1 Å². The molecule has 0 fully saturated rings. The van der Waals surface area contributed by atoms with Gasteiger partial charge in [-0.1, -0.05) is 48.5 Å². The van der Waals surface area contributed by atoms with Crippen LogP contribution >= 0.6 is 0 Å². The van der Waals surface area contributed by atoms with Crippen LogP contribution in [0.3, 0.4) is 0 Å². The van der Waals surface area contributed by atoms with Gasteiger partial charge in [0.25, 0.3) is 0 Å². The van der Waals surface area contributed by atoms with Crippen LogP contribution in [-0.2, 0) is 42.9 Å². The molecule has 0 saturated carbocycles. The molecule has 5 rings (SSSR count). The number of esters is 6. The molecule has 0 saturated heterocycles. The van der Waals surface area contributed by atoms with E-state index < -0.39 is 35.8 Å². The maximum Gasteiger partial charge on any atom is 0.373 e. The van der Waals surface area contributed by atoms with E-state index in [4.69, 9.17) is 28.7 Å². The number of fused-ring (bicyclic) bond motifs is 1. The molecule has 0 atom stereocenters. The monoisotopic (exact) mass is 716 g/mol. The summed E-state index contributed by atoms with van der Waals surface area (Å²) in [4.78, 5) is 103. The predicted octanol–water partition coefficient (Wildman–Crippen LogP) is 3.17. The maximum atomic E-state index is 12.0. The zero-order chi connectivity index (χ0) is 38.1. The highest BCUT2D eigenvalue weighted by Gasteiger charge is 2.30. The number of benzene rings is 4. The summed E-state index contributed by atoms with van der Waals surface area (Å²) in [6.07, 6.45) is 0.500. The highest BCUT2D eigenvalue weighted by Crippen LogP contribution is 2.29. The summed E-state index contributed by atoms with van der Waals surface area (Å²) >= 11 is 0. The largest absolute Gasteiger partial charge is 0.465 e. The van der Waals surface area contributed by atoms with Crippen LogP contribution in [0.5, 0.6) is 0 Å². The molecule has 0 unspecified atom stereocenters. The van der Waals surface area contributed by atoms with Gasteiger partial charge in [-0.2, -0.15) is 19.2 Å². The number of hydrogen-bond acceptors (Lipinski definition) is 15. The van der Waals surface area contributed by atoms with Gasteiger partial charge >= 0.3 is 48.1 Å². The van der Waals surface area contributed by atoms with Crippen LogP contribution in [0, 0.1) is 0 Å². The van der Waals surface area contributed by atoms with Gasteiger partial charge in [0.05, 0.1) is 61.8 Å². The Bertz CT molecular complexity index is 2010. The van der Waals surface area contributed by atoms with Gasteiger partial charge < -0.3 is 29.2 Å². The molecule has 1 heterocycles.